The van der Waals surface area contributed by atoms with Crippen molar-refractivity contribution < 1.29 is 18.3 Å². The molecule has 1 unspecified atom stereocenters. The molecular weight excluding hydrogens is 312 g/mol. The molecule has 116 valence electrons. The number of rotatable bonds is 5. The Morgan fingerprint density at radius 3 is 2.68 bits per heavy atom. The van der Waals surface area contributed by atoms with Gasteiger partial charge in [-0.05, 0) is 36.2 Å². The predicted molar refractivity (Wildman–Crippen MR) is 80.7 cm³/mol. The standard InChI is InChI=1S/C16H14ClF2NO2/c1-2-9-22-12-5-3-11(4-6-12)14-8-7-13(17)16(21)20(14)10-15(18)19/h1,3-6,8,13,15H,7,9-10H2. The Hall–Kier alpha value is -2.06. The highest BCUT2D eigenvalue weighted by Crippen LogP contribution is 2.29. The van der Waals surface area contributed by atoms with Gasteiger partial charge in [-0.1, -0.05) is 12.0 Å². The summed E-state index contributed by atoms with van der Waals surface area (Å²) in [7, 11) is 0. The van der Waals surface area contributed by atoms with Crippen molar-refractivity contribution in [1.82, 2.24) is 4.90 Å². The van der Waals surface area contributed by atoms with Crippen molar-refractivity contribution in [2.24, 2.45) is 0 Å². The Morgan fingerprint density at radius 1 is 1.41 bits per heavy atom. The number of terminal acetylenes is 1. The largest absolute Gasteiger partial charge is 0.481 e. The minimum Gasteiger partial charge on any atom is -0.481 e. The SMILES string of the molecule is C#CCOc1ccc(C2=CCC(Cl)C(=O)N2CC(F)F)cc1. The highest BCUT2D eigenvalue weighted by Gasteiger charge is 2.31. The van der Waals surface area contributed by atoms with E-state index in [-0.39, 0.29) is 6.61 Å². The maximum absolute atomic E-state index is 12.7. The van der Waals surface area contributed by atoms with Crippen molar-refractivity contribution in [1.29, 1.82) is 0 Å². The van der Waals surface area contributed by atoms with Crippen molar-refractivity contribution in [2.75, 3.05) is 13.2 Å². The van der Waals surface area contributed by atoms with Gasteiger partial charge in [0.25, 0.3) is 6.43 Å². The molecule has 1 aromatic carbocycles. The molecule has 0 radical (unpaired) electrons. The number of hydrogen-bond donors (Lipinski definition) is 0. The number of carbonyl (C=O) groups is 1. The third kappa shape index (κ3) is 3.77. The molecule has 0 aliphatic carbocycles. The molecule has 0 aromatic heterocycles. The number of carbonyl (C=O) groups excluding carboxylic acids is 1. The van der Waals surface area contributed by atoms with Gasteiger partial charge < -0.3 is 9.64 Å². The molecule has 1 amide bonds. The van der Waals surface area contributed by atoms with Gasteiger partial charge in [-0.25, -0.2) is 8.78 Å². The molecule has 1 aliphatic rings. The van der Waals surface area contributed by atoms with Crippen LogP contribution in [0.2, 0.25) is 0 Å². The van der Waals surface area contributed by atoms with Crippen LogP contribution in [0.3, 0.4) is 0 Å². The fourth-order valence-electron chi connectivity index (χ4n) is 2.16. The Bertz CT molecular complexity index is 608. The number of benzene rings is 1. The topological polar surface area (TPSA) is 29.5 Å². The zero-order valence-electron chi connectivity index (χ0n) is 11.6. The van der Waals surface area contributed by atoms with Crippen molar-refractivity contribution in [2.45, 2.75) is 18.2 Å². The summed E-state index contributed by atoms with van der Waals surface area (Å²) >= 11 is 5.86. The quantitative estimate of drug-likeness (QED) is 0.615. The molecule has 0 saturated heterocycles. The molecule has 0 saturated carbocycles. The number of ether oxygens (including phenoxy) is 1. The van der Waals surface area contributed by atoms with Crippen LogP contribution >= 0.6 is 11.6 Å². The molecule has 0 spiro atoms. The summed E-state index contributed by atoms with van der Waals surface area (Å²) in [6.07, 6.45) is 4.48. The van der Waals surface area contributed by atoms with E-state index in [1.165, 1.54) is 0 Å². The molecule has 1 aromatic rings. The second kappa shape index (κ2) is 7.28. The molecule has 1 atom stereocenters. The number of allylic oxidation sites excluding steroid dienone is 1. The third-order valence-electron chi connectivity index (χ3n) is 3.14. The van der Waals surface area contributed by atoms with Crippen molar-refractivity contribution in [3.8, 4) is 18.1 Å². The Morgan fingerprint density at radius 2 is 2.09 bits per heavy atom. The number of amides is 1. The minimum atomic E-state index is -2.63. The average molecular weight is 326 g/mol. The van der Waals surface area contributed by atoms with Crippen LogP contribution in [0.15, 0.2) is 30.3 Å². The fraction of sp³-hybridized carbons (Fsp3) is 0.312. The summed E-state index contributed by atoms with van der Waals surface area (Å²) in [5, 5.41) is -0.805. The van der Waals surface area contributed by atoms with Crippen LogP contribution in [-0.4, -0.2) is 35.8 Å². The van der Waals surface area contributed by atoms with Gasteiger partial charge in [0.2, 0.25) is 5.91 Å². The molecule has 2 rings (SSSR count). The Balaban J connectivity index is 2.24. The summed E-state index contributed by atoms with van der Waals surface area (Å²) in [5.74, 6) is 2.41. The molecule has 0 N–H and O–H groups in total. The van der Waals surface area contributed by atoms with E-state index >= 15 is 0 Å². The van der Waals surface area contributed by atoms with Crippen LogP contribution < -0.4 is 4.74 Å². The zero-order valence-corrected chi connectivity index (χ0v) is 12.4. The summed E-state index contributed by atoms with van der Waals surface area (Å²) in [6.45, 7) is -0.533. The van der Waals surface area contributed by atoms with E-state index in [4.69, 9.17) is 22.8 Å². The lowest BCUT2D eigenvalue weighted by Crippen LogP contribution is -2.41. The Labute approximate surface area is 132 Å². The maximum atomic E-state index is 12.7. The van der Waals surface area contributed by atoms with Gasteiger partial charge in [0, 0.05) is 5.70 Å². The first-order chi connectivity index (χ1) is 10.5. The highest BCUT2D eigenvalue weighted by atomic mass is 35.5. The Kier molecular flexibility index (Phi) is 5.40. The second-order valence-corrected chi connectivity index (χ2v) is 5.18. The molecule has 0 fully saturated rings. The first-order valence-electron chi connectivity index (χ1n) is 6.63. The fourth-order valence-corrected chi connectivity index (χ4v) is 2.37. The van der Waals surface area contributed by atoms with Crippen molar-refractivity contribution in [3.05, 3.63) is 35.9 Å². The molecule has 0 bridgehead atoms. The number of alkyl halides is 3. The second-order valence-electron chi connectivity index (χ2n) is 4.65. The van der Waals surface area contributed by atoms with E-state index in [2.05, 4.69) is 5.92 Å². The van der Waals surface area contributed by atoms with Gasteiger partial charge in [0.15, 0.2) is 0 Å². The van der Waals surface area contributed by atoms with Crippen LogP contribution in [0.5, 0.6) is 5.75 Å². The molecule has 6 heteroatoms. The van der Waals surface area contributed by atoms with Crippen molar-refractivity contribution >= 4 is 23.2 Å². The predicted octanol–water partition coefficient (Wildman–Crippen LogP) is 3.14. The van der Waals surface area contributed by atoms with Crippen LogP contribution in [0, 0.1) is 12.3 Å². The van der Waals surface area contributed by atoms with Crippen molar-refractivity contribution in [3.63, 3.8) is 0 Å². The van der Waals surface area contributed by atoms with Gasteiger partial charge in [-0.15, -0.1) is 18.0 Å². The molecule has 22 heavy (non-hydrogen) atoms. The lowest BCUT2D eigenvalue weighted by Gasteiger charge is -2.31. The van der Waals surface area contributed by atoms with E-state index in [9.17, 15) is 13.6 Å². The molecule has 1 heterocycles. The summed E-state index contributed by atoms with van der Waals surface area (Å²) < 4.78 is 30.7. The lowest BCUT2D eigenvalue weighted by atomic mass is 10.0. The molecule has 1 aliphatic heterocycles. The average Bonchev–Trinajstić information content (AvgIpc) is 2.50. The van der Waals surface area contributed by atoms with E-state index in [1.54, 1.807) is 30.3 Å². The first kappa shape index (κ1) is 16.3. The maximum Gasteiger partial charge on any atom is 0.256 e. The lowest BCUT2D eigenvalue weighted by molar-refractivity contribution is -0.129. The van der Waals surface area contributed by atoms with E-state index < -0.39 is 24.3 Å². The zero-order chi connectivity index (χ0) is 16.1. The summed E-state index contributed by atoms with van der Waals surface area (Å²) in [5.41, 5.74) is 1.08. The van der Waals surface area contributed by atoms with Gasteiger partial charge >= 0.3 is 0 Å². The van der Waals surface area contributed by atoms with Gasteiger partial charge in [-0.2, -0.15) is 0 Å². The molecule has 3 nitrogen and oxygen atoms in total. The van der Waals surface area contributed by atoms with E-state index in [0.29, 0.717) is 23.4 Å². The third-order valence-corrected chi connectivity index (χ3v) is 3.50. The van der Waals surface area contributed by atoms with Gasteiger partial charge in [-0.3, -0.25) is 4.79 Å². The number of halogens is 3. The van der Waals surface area contributed by atoms with E-state index in [1.807, 2.05) is 0 Å². The van der Waals surface area contributed by atoms with Gasteiger partial charge in [0.05, 0.1) is 6.54 Å². The molecular formula is C16H14ClF2NO2. The van der Waals surface area contributed by atoms with Crippen LogP contribution in [0.25, 0.3) is 5.70 Å². The highest BCUT2D eigenvalue weighted by molar-refractivity contribution is 6.31. The summed E-state index contributed by atoms with van der Waals surface area (Å²) in [4.78, 5) is 13.1. The summed E-state index contributed by atoms with van der Waals surface area (Å²) in [6, 6.07) is 6.73. The number of nitrogens with zero attached hydrogens (tertiary/aromatic N) is 1. The first-order valence-corrected chi connectivity index (χ1v) is 7.07. The van der Waals surface area contributed by atoms with Crippen LogP contribution in [-0.2, 0) is 4.79 Å². The normalized spacial score (nSPS) is 18.1. The smallest absolute Gasteiger partial charge is 0.256 e. The number of hydrogen-bond acceptors (Lipinski definition) is 2. The van der Waals surface area contributed by atoms with Crippen LogP contribution in [0.4, 0.5) is 8.78 Å². The van der Waals surface area contributed by atoms with Crippen LogP contribution in [0.1, 0.15) is 12.0 Å². The minimum absolute atomic E-state index is 0.145. The monoisotopic (exact) mass is 325 g/mol. The van der Waals surface area contributed by atoms with E-state index in [0.717, 1.165) is 4.90 Å². The van der Waals surface area contributed by atoms with Gasteiger partial charge in [0.1, 0.15) is 17.7 Å².